The molecule has 1 aromatic carbocycles. The van der Waals surface area contributed by atoms with E-state index in [0.29, 0.717) is 43.9 Å². The first kappa shape index (κ1) is 26.9. The van der Waals surface area contributed by atoms with Gasteiger partial charge in [-0.05, 0) is 41.4 Å². The number of amides is 2. The summed E-state index contributed by atoms with van der Waals surface area (Å²) in [5.41, 5.74) is 1.95. The number of aromatic nitrogens is 1. The van der Waals surface area contributed by atoms with Gasteiger partial charge in [-0.15, -0.1) is 11.3 Å². The number of thiazole rings is 1. The van der Waals surface area contributed by atoms with Crippen molar-refractivity contribution in [3.8, 4) is 0 Å². The quantitative estimate of drug-likeness (QED) is 0.560. The summed E-state index contributed by atoms with van der Waals surface area (Å²) in [5.74, 6) is 0.637. The highest BCUT2D eigenvalue weighted by Gasteiger charge is 2.40. The third-order valence-corrected chi connectivity index (χ3v) is 8.35. The van der Waals surface area contributed by atoms with Crippen LogP contribution in [0.25, 0.3) is 0 Å². The smallest absolute Gasteiger partial charge is 0.245 e. The predicted octanol–water partition coefficient (Wildman–Crippen LogP) is 4.68. The van der Waals surface area contributed by atoms with Gasteiger partial charge in [0.1, 0.15) is 6.04 Å². The van der Waals surface area contributed by atoms with Crippen molar-refractivity contribution in [2.75, 3.05) is 44.7 Å². The van der Waals surface area contributed by atoms with Gasteiger partial charge in [-0.3, -0.25) is 9.59 Å². The van der Waals surface area contributed by atoms with Crippen molar-refractivity contribution in [3.05, 3.63) is 45.9 Å². The Morgan fingerprint density at radius 3 is 2.50 bits per heavy atom. The molecule has 9 heteroatoms. The Kier molecular flexibility index (Phi) is 8.58. The Hall–Kier alpha value is -2.16. The maximum absolute atomic E-state index is 13.7. The molecular weight excluding hydrogens is 496 g/mol. The normalized spacial score (nSPS) is 20.9. The van der Waals surface area contributed by atoms with Crippen LogP contribution in [0, 0.1) is 11.3 Å². The van der Waals surface area contributed by atoms with Crippen LogP contribution in [0.1, 0.15) is 51.3 Å². The second-order valence-electron chi connectivity index (χ2n) is 10.8. The summed E-state index contributed by atoms with van der Waals surface area (Å²) in [5, 5.41) is 6.71. The number of nitrogens with zero attached hydrogens (tertiary/aromatic N) is 3. The van der Waals surface area contributed by atoms with Gasteiger partial charge in [-0.25, -0.2) is 4.98 Å². The molecule has 2 fully saturated rings. The fourth-order valence-corrected chi connectivity index (χ4v) is 6.11. The Bertz CT molecular complexity index is 1050. The Morgan fingerprint density at radius 1 is 1.17 bits per heavy atom. The Labute approximate surface area is 223 Å². The third-order valence-electron chi connectivity index (χ3n) is 7.27. The summed E-state index contributed by atoms with van der Waals surface area (Å²) in [6.07, 6.45) is 1.18. The molecule has 1 aromatic heterocycles. The average Bonchev–Trinajstić information content (AvgIpc) is 3.29. The number of likely N-dealkylation sites (tertiary alicyclic amines) is 1. The minimum Gasteiger partial charge on any atom is -0.378 e. The van der Waals surface area contributed by atoms with E-state index in [2.05, 4.69) is 50.1 Å². The molecule has 2 saturated heterocycles. The summed E-state index contributed by atoms with van der Waals surface area (Å²) in [6, 6.07) is 7.73. The van der Waals surface area contributed by atoms with E-state index in [1.54, 1.807) is 0 Å². The molecule has 4 rings (SSSR count). The van der Waals surface area contributed by atoms with Gasteiger partial charge in [0.2, 0.25) is 11.8 Å². The molecule has 2 atom stereocenters. The molecule has 0 bridgehead atoms. The maximum atomic E-state index is 13.7. The van der Waals surface area contributed by atoms with Crippen molar-refractivity contribution in [2.45, 2.75) is 52.5 Å². The highest BCUT2D eigenvalue weighted by molar-refractivity contribution is 7.13. The van der Waals surface area contributed by atoms with Crippen LogP contribution < -0.4 is 5.32 Å². The van der Waals surface area contributed by atoms with E-state index < -0.39 is 0 Å². The van der Waals surface area contributed by atoms with E-state index in [0.717, 1.165) is 23.7 Å². The van der Waals surface area contributed by atoms with E-state index in [4.69, 9.17) is 16.3 Å². The van der Waals surface area contributed by atoms with Crippen LogP contribution in [0.4, 0.5) is 5.13 Å². The molecule has 36 heavy (non-hydrogen) atoms. The topological polar surface area (TPSA) is 74.8 Å². The standard InChI is InChI=1S/C27H37ClN4O3S/c1-18(2)24(30-26-29-21(16-36-26)15-23(33)31-11-13-35-14-12-31)25(34)32-10-9-22(27(3,4)17-32)19-5-7-20(28)8-6-19/h5-8,16,18,22,24H,9-15,17H2,1-4H3,(H,29,30)/t22?,24-/m1/s1. The third kappa shape index (κ3) is 6.39. The SMILES string of the molecule is CC(C)[C@@H](Nc1nc(CC(=O)N2CCOCC2)cs1)C(=O)N1CCC(c2ccc(Cl)cc2)C(C)(C)C1. The van der Waals surface area contributed by atoms with Gasteiger partial charge in [0, 0.05) is 36.6 Å². The summed E-state index contributed by atoms with van der Waals surface area (Å²) in [7, 11) is 0. The zero-order valence-electron chi connectivity index (χ0n) is 21.6. The second kappa shape index (κ2) is 11.5. The number of hydrogen-bond donors (Lipinski definition) is 1. The van der Waals surface area contributed by atoms with Crippen LogP contribution in [0.15, 0.2) is 29.6 Å². The molecule has 7 nitrogen and oxygen atoms in total. The van der Waals surface area contributed by atoms with Gasteiger partial charge in [0.05, 0.1) is 25.3 Å². The number of halogens is 1. The molecular formula is C27H37ClN4O3S. The van der Waals surface area contributed by atoms with Gasteiger partial charge < -0.3 is 19.9 Å². The van der Waals surface area contributed by atoms with Crippen molar-refractivity contribution in [3.63, 3.8) is 0 Å². The minimum atomic E-state index is -0.373. The van der Waals surface area contributed by atoms with Crippen molar-refractivity contribution in [1.29, 1.82) is 0 Å². The molecule has 1 N–H and O–H groups in total. The van der Waals surface area contributed by atoms with E-state index in [1.165, 1.54) is 16.9 Å². The van der Waals surface area contributed by atoms with Crippen molar-refractivity contribution >= 4 is 39.9 Å². The minimum absolute atomic E-state index is 0.0581. The number of piperidine rings is 1. The highest BCUT2D eigenvalue weighted by atomic mass is 35.5. The van der Waals surface area contributed by atoms with Gasteiger partial charge in [-0.2, -0.15) is 0 Å². The van der Waals surface area contributed by atoms with E-state index in [9.17, 15) is 9.59 Å². The molecule has 2 aromatic rings. The largest absolute Gasteiger partial charge is 0.378 e. The fraction of sp³-hybridized carbons (Fsp3) is 0.593. The van der Waals surface area contributed by atoms with Crippen molar-refractivity contribution in [1.82, 2.24) is 14.8 Å². The lowest BCUT2D eigenvalue weighted by Crippen LogP contribution is -2.53. The summed E-state index contributed by atoms with van der Waals surface area (Å²) >= 11 is 7.54. The highest BCUT2D eigenvalue weighted by Crippen LogP contribution is 2.42. The molecule has 0 spiro atoms. The zero-order valence-corrected chi connectivity index (χ0v) is 23.2. The second-order valence-corrected chi connectivity index (χ2v) is 12.1. The molecule has 0 radical (unpaired) electrons. The molecule has 2 amide bonds. The first-order valence-corrected chi connectivity index (χ1v) is 14.0. The number of carbonyl (C=O) groups excluding carboxylic acids is 2. The van der Waals surface area contributed by atoms with Crippen LogP contribution in [0.3, 0.4) is 0 Å². The number of ether oxygens (including phenoxy) is 1. The molecule has 3 heterocycles. The van der Waals surface area contributed by atoms with E-state index >= 15 is 0 Å². The molecule has 2 aliphatic heterocycles. The lowest BCUT2D eigenvalue weighted by atomic mass is 9.70. The number of anilines is 1. The van der Waals surface area contributed by atoms with E-state index in [1.807, 2.05) is 27.3 Å². The zero-order chi connectivity index (χ0) is 25.9. The van der Waals surface area contributed by atoms with Crippen molar-refractivity contribution < 1.29 is 14.3 Å². The average molecular weight is 533 g/mol. The van der Waals surface area contributed by atoms with Gasteiger partial charge in [-0.1, -0.05) is 51.4 Å². The monoisotopic (exact) mass is 532 g/mol. The van der Waals surface area contributed by atoms with Crippen LogP contribution in [0.2, 0.25) is 5.02 Å². The first-order chi connectivity index (χ1) is 17.1. The molecule has 196 valence electrons. The molecule has 1 unspecified atom stereocenters. The Balaban J connectivity index is 1.38. The number of carbonyl (C=O) groups is 2. The maximum Gasteiger partial charge on any atom is 0.245 e. The van der Waals surface area contributed by atoms with Crippen LogP contribution in [0.5, 0.6) is 0 Å². The summed E-state index contributed by atoms with van der Waals surface area (Å²) in [4.78, 5) is 34.7. The van der Waals surface area contributed by atoms with Crippen LogP contribution in [-0.2, 0) is 20.7 Å². The number of morpholine rings is 1. The number of nitrogens with one attached hydrogen (secondary N) is 1. The summed E-state index contributed by atoms with van der Waals surface area (Å²) in [6.45, 7) is 12.4. The van der Waals surface area contributed by atoms with Crippen LogP contribution >= 0.6 is 22.9 Å². The van der Waals surface area contributed by atoms with Gasteiger partial charge in [0.15, 0.2) is 5.13 Å². The van der Waals surface area contributed by atoms with Gasteiger partial charge >= 0.3 is 0 Å². The lowest BCUT2D eigenvalue weighted by molar-refractivity contribution is -0.136. The summed E-state index contributed by atoms with van der Waals surface area (Å²) < 4.78 is 5.33. The van der Waals surface area contributed by atoms with Gasteiger partial charge in [0.25, 0.3) is 0 Å². The molecule has 0 saturated carbocycles. The van der Waals surface area contributed by atoms with E-state index in [-0.39, 0.29) is 35.6 Å². The predicted molar refractivity (Wildman–Crippen MR) is 145 cm³/mol. The fourth-order valence-electron chi connectivity index (χ4n) is 5.24. The number of hydrogen-bond acceptors (Lipinski definition) is 6. The number of rotatable bonds is 7. The number of benzene rings is 1. The van der Waals surface area contributed by atoms with Crippen LogP contribution in [-0.4, -0.2) is 72.0 Å². The molecule has 2 aliphatic rings. The van der Waals surface area contributed by atoms with Crippen molar-refractivity contribution in [2.24, 2.45) is 11.3 Å². The Morgan fingerprint density at radius 2 is 1.86 bits per heavy atom. The molecule has 0 aliphatic carbocycles. The lowest BCUT2D eigenvalue weighted by Gasteiger charge is -2.45. The first-order valence-electron chi connectivity index (χ1n) is 12.7.